The number of rotatable bonds is 8. The van der Waals surface area contributed by atoms with Crippen LogP contribution in [0.25, 0.3) is 0 Å². The fraction of sp³-hybridized carbons (Fsp3) is 0.941. The van der Waals surface area contributed by atoms with Crippen LogP contribution in [0.15, 0.2) is 0 Å². The molecule has 0 aromatic carbocycles. The van der Waals surface area contributed by atoms with Crippen molar-refractivity contribution in [1.29, 1.82) is 0 Å². The zero-order chi connectivity index (χ0) is 15.7. The SMILES string of the molecule is CCOC(=O)C1(NCCN(CC)CC)CCCC(C)CC1. The van der Waals surface area contributed by atoms with Crippen molar-refractivity contribution < 1.29 is 9.53 Å². The average Bonchev–Trinajstić information content (AvgIpc) is 2.67. The molecule has 4 heteroatoms. The van der Waals surface area contributed by atoms with Crippen LogP contribution in [0, 0.1) is 5.92 Å². The van der Waals surface area contributed by atoms with E-state index >= 15 is 0 Å². The lowest BCUT2D eigenvalue weighted by atomic mass is 9.89. The number of carbonyl (C=O) groups is 1. The third-order valence-corrected chi connectivity index (χ3v) is 4.82. The number of ether oxygens (including phenoxy) is 1. The van der Waals surface area contributed by atoms with Gasteiger partial charge in [0.2, 0.25) is 0 Å². The Morgan fingerprint density at radius 1 is 1.24 bits per heavy atom. The first-order valence-corrected chi connectivity index (χ1v) is 8.72. The molecule has 0 saturated heterocycles. The van der Waals surface area contributed by atoms with Gasteiger partial charge in [0.1, 0.15) is 5.54 Å². The van der Waals surface area contributed by atoms with Crippen molar-refractivity contribution in [3.05, 3.63) is 0 Å². The zero-order valence-electron chi connectivity index (χ0n) is 14.4. The second-order valence-electron chi connectivity index (χ2n) is 6.29. The lowest BCUT2D eigenvalue weighted by Gasteiger charge is -2.32. The van der Waals surface area contributed by atoms with E-state index in [0.717, 1.165) is 51.9 Å². The summed E-state index contributed by atoms with van der Waals surface area (Å²) in [7, 11) is 0. The molecule has 0 bridgehead atoms. The van der Waals surface area contributed by atoms with E-state index < -0.39 is 5.54 Å². The second kappa shape index (κ2) is 9.42. The second-order valence-corrected chi connectivity index (χ2v) is 6.29. The molecule has 0 aromatic rings. The lowest BCUT2D eigenvalue weighted by molar-refractivity contribution is -0.152. The van der Waals surface area contributed by atoms with Gasteiger partial charge in [-0.25, -0.2) is 0 Å². The van der Waals surface area contributed by atoms with Gasteiger partial charge in [0.25, 0.3) is 0 Å². The van der Waals surface area contributed by atoms with Crippen LogP contribution >= 0.6 is 0 Å². The van der Waals surface area contributed by atoms with Gasteiger partial charge in [0.05, 0.1) is 6.61 Å². The van der Waals surface area contributed by atoms with E-state index in [2.05, 4.69) is 31.0 Å². The summed E-state index contributed by atoms with van der Waals surface area (Å²) in [6.07, 6.45) is 5.26. The Morgan fingerprint density at radius 3 is 2.57 bits per heavy atom. The van der Waals surface area contributed by atoms with Gasteiger partial charge in [-0.15, -0.1) is 0 Å². The molecule has 0 heterocycles. The van der Waals surface area contributed by atoms with Crippen molar-refractivity contribution in [2.75, 3.05) is 32.8 Å². The monoisotopic (exact) mass is 298 g/mol. The fourth-order valence-electron chi connectivity index (χ4n) is 3.23. The Labute approximate surface area is 130 Å². The van der Waals surface area contributed by atoms with E-state index in [1.807, 2.05) is 6.92 Å². The quantitative estimate of drug-likeness (QED) is 0.553. The van der Waals surface area contributed by atoms with E-state index in [-0.39, 0.29) is 5.97 Å². The van der Waals surface area contributed by atoms with Crippen LogP contribution in [0.1, 0.15) is 59.8 Å². The third kappa shape index (κ3) is 5.59. The molecule has 4 nitrogen and oxygen atoms in total. The predicted octanol–water partition coefficient (Wildman–Crippen LogP) is 2.82. The summed E-state index contributed by atoms with van der Waals surface area (Å²) >= 11 is 0. The van der Waals surface area contributed by atoms with Crippen molar-refractivity contribution >= 4 is 5.97 Å². The Hall–Kier alpha value is -0.610. The first-order chi connectivity index (χ1) is 10.1. The Morgan fingerprint density at radius 2 is 1.95 bits per heavy atom. The van der Waals surface area contributed by atoms with Crippen LogP contribution in [-0.4, -0.2) is 49.2 Å². The molecule has 1 fully saturated rings. The first-order valence-electron chi connectivity index (χ1n) is 8.72. The highest BCUT2D eigenvalue weighted by Gasteiger charge is 2.40. The van der Waals surface area contributed by atoms with Crippen LogP contribution in [0.3, 0.4) is 0 Å². The molecule has 0 aromatic heterocycles. The smallest absolute Gasteiger partial charge is 0.326 e. The zero-order valence-corrected chi connectivity index (χ0v) is 14.4. The van der Waals surface area contributed by atoms with E-state index in [0.29, 0.717) is 12.5 Å². The molecule has 21 heavy (non-hydrogen) atoms. The molecular weight excluding hydrogens is 264 g/mol. The normalized spacial score (nSPS) is 26.6. The number of hydrogen-bond acceptors (Lipinski definition) is 4. The molecule has 2 atom stereocenters. The highest BCUT2D eigenvalue weighted by atomic mass is 16.5. The minimum absolute atomic E-state index is 0.0429. The van der Waals surface area contributed by atoms with Gasteiger partial charge < -0.3 is 15.0 Å². The predicted molar refractivity (Wildman–Crippen MR) is 87.4 cm³/mol. The molecule has 1 rings (SSSR count). The van der Waals surface area contributed by atoms with Crippen molar-refractivity contribution in [2.45, 2.75) is 65.3 Å². The molecule has 124 valence electrons. The number of likely N-dealkylation sites (N-methyl/N-ethyl adjacent to an activating group) is 1. The summed E-state index contributed by atoms with van der Waals surface area (Å²) in [6.45, 7) is 13.0. The molecule has 0 spiro atoms. The van der Waals surface area contributed by atoms with Crippen LogP contribution < -0.4 is 5.32 Å². The number of hydrogen-bond donors (Lipinski definition) is 1. The summed E-state index contributed by atoms with van der Waals surface area (Å²) in [5.74, 6) is 0.671. The Kier molecular flexibility index (Phi) is 8.27. The molecule has 1 N–H and O–H groups in total. The Balaban J connectivity index is 2.65. The highest BCUT2D eigenvalue weighted by molar-refractivity contribution is 5.80. The van der Waals surface area contributed by atoms with E-state index in [1.54, 1.807) is 0 Å². The molecule has 1 aliphatic rings. The number of carbonyl (C=O) groups excluding carboxylic acids is 1. The van der Waals surface area contributed by atoms with Gasteiger partial charge in [0.15, 0.2) is 0 Å². The van der Waals surface area contributed by atoms with Crippen LogP contribution in [0.5, 0.6) is 0 Å². The molecule has 1 saturated carbocycles. The van der Waals surface area contributed by atoms with Crippen LogP contribution in [0.2, 0.25) is 0 Å². The Bertz CT molecular complexity index is 305. The molecule has 0 amide bonds. The maximum atomic E-state index is 12.5. The van der Waals surface area contributed by atoms with Crippen LogP contribution in [0.4, 0.5) is 0 Å². The minimum Gasteiger partial charge on any atom is -0.465 e. The first kappa shape index (κ1) is 18.4. The number of nitrogens with zero attached hydrogens (tertiary/aromatic N) is 1. The van der Waals surface area contributed by atoms with Crippen molar-refractivity contribution in [3.8, 4) is 0 Å². The van der Waals surface area contributed by atoms with Gasteiger partial charge in [-0.05, 0) is 45.2 Å². The molecule has 1 aliphatic carbocycles. The van der Waals surface area contributed by atoms with Crippen LogP contribution in [-0.2, 0) is 9.53 Å². The molecular formula is C17H34N2O2. The number of nitrogens with one attached hydrogen (secondary N) is 1. The summed E-state index contributed by atoms with van der Waals surface area (Å²) in [6, 6.07) is 0. The van der Waals surface area contributed by atoms with Crippen molar-refractivity contribution in [3.63, 3.8) is 0 Å². The summed E-state index contributed by atoms with van der Waals surface area (Å²) < 4.78 is 5.37. The van der Waals surface area contributed by atoms with E-state index in [1.165, 1.54) is 6.42 Å². The van der Waals surface area contributed by atoms with Crippen molar-refractivity contribution in [1.82, 2.24) is 10.2 Å². The highest BCUT2D eigenvalue weighted by Crippen LogP contribution is 2.31. The van der Waals surface area contributed by atoms with E-state index in [9.17, 15) is 4.79 Å². The maximum absolute atomic E-state index is 12.5. The van der Waals surface area contributed by atoms with E-state index in [4.69, 9.17) is 4.74 Å². The van der Waals surface area contributed by atoms with Gasteiger partial charge in [-0.2, -0.15) is 0 Å². The standard InChI is InChI=1S/C17H34N2O2/c1-5-19(6-2)14-13-18-17(16(20)21-7-3)11-8-9-15(4)10-12-17/h15,18H,5-14H2,1-4H3. The average molecular weight is 298 g/mol. The summed E-state index contributed by atoms with van der Waals surface area (Å²) in [5.41, 5.74) is -0.450. The summed E-state index contributed by atoms with van der Waals surface area (Å²) in [5, 5.41) is 3.56. The topological polar surface area (TPSA) is 41.6 Å². The molecule has 0 radical (unpaired) electrons. The van der Waals surface area contributed by atoms with Gasteiger partial charge in [-0.1, -0.05) is 33.6 Å². The van der Waals surface area contributed by atoms with Gasteiger partial charge in [0, 0.05) is 13.1 Å². The fourth-order valence-corrected chi connectivity index (χ4v) is 3.23. The molecule has 2 unspecified atom stereocenters. The largest absolute Gasteiger partial charge is 0.465 e. The minimum atomic E-state index is -0.450. The van der Waals surface area contributed by atoms with Crippen molar-refractivity contribution in [2.24, 2.45) is 5.92 Å². The van der Waals surface area contributed by atoms with Gasteiger partial charge in [-0.3, -0.25) is 4.79 Å². The maximum Gasteiger partial charge on any atom is 0.326 e. The van der Waals surface area contributed by atoms with Gasteiger partial charge >= 0.3 is 5.97 Å². The summed E-state index contributed by atoms with van der Waals surface area (Å²) in [4.78, 5) is 14.9. The lowest BCUT2D eigenvalue weighted by Crippen LogP contribution is -2.54. The number of esters is 1. The molecule has 0 aliphatic heterocycles. The third-order valence-electron chi connectivity index (χ3n) is 4.82.